The second-order valence-electron chi connectivity index (χ2n) is 7.52. The lowest BCUT2D eigenvalue weighted by Crippen LogP contribution is -2.61. The first-order valence-electron chi connectivity index (χ1n) is 9.81. The van der Waals surface area contributed by atoms with Gasteiger partial charge in [-0.2, -0.15) is 0 Å². The van der Waals surface area contributed by atoms with Crippen molar-refractivity contribution in [2.45, 2.75) is 38.7 Å². The highest BCUT2D eigenvalue weighted by Gasteiger charge is 2.43. The number of carbonyl (C=O) groups excluding carboxylic acids is 2. The fraction of sp³-hybridized carbons (Fsp3) is 0.391. The van der Waals surface area contributed by atoms with Crippen LogP contribution in [-0.4, -0.2) is 42.0 Å². The van der Waals surface area contributed by atoms with Gasteiger partial charge in [-0.05, 0) is 30.0 Å². The van der Waals surface area contributed by atoms with Crippen LogP contribution >= 0.6 is 0 Å². The summed E-state index contributed by atoms with van der Waals surface area (Å²) in [5, 5.41) is 0. The molecule has 148 valence electrons. The Morgan fingerprint density at radius 3 is 2.54 bits per heavy atom. The summed E-state index contributed by atoms with van der Waals surface area (Å²) < 4.78 is 5.85. The quantitative estimate of drug-likeness (QED) is 0.837. The fourth-order valence-electron chi connectivity index (χ4n) is 3.68. The van der Waals surface area contributed by atoms with E-state index in [2.05, 4.69) is 25.1 Å². The number of rotatable bonds is 6. The van der Waals surface area contributed by atoms with Gasteiger partial charge in [0.05, 0.1) is 13.2 Å². The van der Waals surface area contributed by atoms with E-state index in [0.717, 1.165) is 23.1 Å². The predicted octanol–water partition coefficient (Wildman–Crippen LogP) is 3.09. The van der Waals surface area contributed by atoms with Crippen LogP contribution in [0.3, 0.4) is 0 Å². The van der Waals surface area contributed by atoms with Gasteiger partial charge in [-0.15, -0.1) is 0 Å². The zero-order chi connectivity index (χ0) is 20.1. The largest absolute Gasteiger partial charge is 0.367 e. The lowest BCUT2D eigenvalue weighted by Gasteiger charge is -2.40. The average Bonchev–Trinajstić information content (AvgIpc) is 2.69. The van der Waals surface area contributed by atoms with E-state index >= 15 is 0 Å². The van der Waals surface area contributed by atoms with E-state index in [-0.39, 0.29) is 12.5 Å². The molecule has 2 aromatic carbocycles. The van der Waals surface area contributed by atoms with Crippen LogP contribution in [0.25, 0.3) is 11.1 Å². The molecule has 1 heterocycles. The van der Waals surface area contributed by atoms with Crippen molar-refractivity contribution in [3.05, 3.63) is 59.7 Å². The number of nitrogens with two attached hydrogens (primary N) is 1. The van der Waals surface area contributed by atoms with Gasteiger partial charge in [-0.3, -0.25) is 9.59 Å². The maximum atomic E-state index is 12.3. The Labute approximate surface area is 166 Å². The Bertz CT molecular complexity index is 847. The topological polar surface area (TPSA) is 72.6 Å². The molecule has 1 aliphatic heterocycles. The van der Waals surface area contributed by atoms with Crippen LogP contribution in [0.15, 0.2) is 48.5 Å². The molecule has 0 radical (unpaired) electrons. The molecule has 0 saturated carbocycles. The van der Waals surface area contributed by atoms with E-state index in [9.17, 15) is 9.59 Å². The Morgan fingerprint density at radius 1 is 1.14 bits per heavy atom. The molecule has 2 N–H and O–H groups in total. The van der Waals surface area contributed by atoms with Crippen molar-refractivity contribution in [1.82, 2.24) is 4.90 Å². The lowest BCUT2D eigenvalue weighted by molar-refractivity contribution is -0.163. The van der Waals surface area contributed by atoms with Gasteiger partial charge in [0.15, 0.2) is 5.60 Å². The summed E-state index contributed by atoms with van der Waals surface area (Å²) >= 11 is 0. The molecular formula is C23H28N2O3. The smallest absolute Gasteiger partial charge is 0.251 e. The van der Waals surface area contributed by atoms with Crippen LogP contribution in [0.1, 0.15) is 30.9 Å². The molecule has 1 saturated heterocycles. The van der Waals surface area contributed by atoms with E-state index in [0.29, 0.717) is 26.0 Å². The standard InChI is InChI=1S/C23H28N2O3/c1-3-5-21(26)25-12-13-28-23(16-25,22(24)27)15-18-8-10-19(11-9-18)20-7-4-6-17(2)14-20/h4,6-11,14H,3,5,12-13,15-16H2,1-2H3,(H2,24,27). The number of nitrogens with zero attached hydrogens (tertiary/aromatic N) is 1. The van der Waals surface area contributed by atoms with Gasteiger partial charge in [0.2, 0.25) is 5.91 Å². The summed E-state index contributed by atoms with van der Waals surface area (Å²) in [5.74, 6) is -0.476. The van der Waals surface area contributed by atoms with Crippen molar-refractivity contribution < 1.29 is 14.3 Å². The molecule has 28 heavy (non-hydrogen) atoms. The second kappa shape index (κ2) is 8.57. The molecule has 3 rings (SSSR count). The second-order valence-corrected chi connectivity index (χ2v) is 7.52. The summed E-state index contributed by atoms with van der Waals surface area (Å²) in [6.07, 6.45) is 1.60. The van der Waals surface area contributed by atoms with Crippen LogP contribution in [0.2, 0.25) is 0 Å². The average molecular weight is 380 g/mol. The minimum Gasteiger partial charge on any atom is -0.367 e. The van der Waals surface area contributed by atoms with Crippen LogP contribution in [0, 0.1) is 6.92 Å². The number of hydrogen-bond donors (Lipinski definition) is 1. The Kier molecular flexibility index (Phi) is 6.15. The molecule has 0 aromatic heterocycles. The fourth-order valence-corrected chi connectivity index (χ4v) is 3.68. The molecule has 1 atom stereocenters. The van der Waals surface area contributed by atoms with Crippen LogP contribution in [-0.2, 0) is 20.7 Å². The summed E-state index contributed by atoms with van der Waals surface area (Å²) in [6, 6.07) is 16.4. The first-order chi connectivity index (χ1) is 13.4. The normalized spacial score (nSPS) is 19.4. The monoisotopic (exact) mass is 380 g/mol. The first kappa shape index (κ1) is 20.1. The third kappa shape index (κ3) is 4.42. The van der Waals surface area contributed by atoms with E-state index in [1.807, 2.05) is 37.3 Å². The van der Waals surface area contributed by atoms with Crippen LogP contribution in [0.5, 0.6) is 0 Å². The SMILES string of the molecule is CCCC(=O)N1CCOC(Cc2ccc(-c3cccc(C)c3)cc2)(C(N)=O)C1. The lowest BCUT2D eigenvalue weighted by atomic mass is 9.90. The van der Waals surface area contributed by atoms with Gasteiger partial charge in [-0.25, -0.2) is 0 Å². The molecule has 1 unspecified atom stereocenters. The molecule has 1 fully saturated rings. The highest BCUT2D eigenvalue weighted by Crippen LogP contribution is 2.26. The van der Waals surface area contributed by atoms with E-state index < -0.39 is 11.5 Å². The number of benzene rings is 2. The molecule has 5 nitrogen and oxygen atoms in total. The van der Waals surface area contributed by atoms with Crippen molar-refractivity contribution in [3.8, 4) is 11.1 Å². The van der Waals surface area contributed by atoms with Crippen molar-refractivity contribution in [2.75, 3.05) is 19.7 Å². The number of ether oxygens (including phenoxy) is 1. The zero-order valence-corrected chi connectivity index (χ0v) is 16.6. The molecule has 5 heteroatoms. The van der Waals surface area contributed by atoms with Crippen molar-refractivity contribution in [3.63, 3.8) is 0 Å². The highest BCUT2D eigenvalue weighted by molar-refractivity contribution is 5.86. The van der Waals surface area contributed by atoms with Gasteiger partial charge in [0.1, 0.15) is 0 Å². The Balaban J connectivity index is 1.79. The number of carbonyl (C=O) groups is 2. The number of hydrogen-bond acceptors (Lipinski definition) is 3. The van der Waals surface area contributed by atoms with Gasteiger partial charge < -0.3 is 15.4 Å². The van der Waals surface area contributed by atoms with Crippen LogP contribution in [0.4, 0.5) is 0 Å². The summed E-state index contributed by atoms with van der Waals surface area (Å²) in [5.41, 5.74) is 8.99. The molecule has 2 aromatic rings. The maximum Gasteiger partial charge on any atom is 0.251 e. The summed E-state index contributed by atoms with van der Waals surface area (Å²) in [6.45, 7) is 5.07. The van der Waals surface area contributed by atoms with E-state index in [1.165, 1.54) is 5.56 Å². The summed E-state index contributed by atoms with van der Waals surface area (Å²) in [7, 11) is 0. The van der Waals surface area contributed by atoms with E-state index in [4.69, 9.17) is 10.5 Å². The number of primary amides is 1. The number of morpholine rings is 1. The molecule has 2 amide bonds. The molecule has 0 spiro atoms. The third-order valence-electron chi connectivity index (χ3n) is 5.25. The first-order valence-corrected chi connectivity index (χ1v) is 9.81. The number of aryl methyl sites for hydroxylation is 1. The van der Waals surface area contributed by atoms with Crippen LogP contribution < -0.4 is 5.73 Å². The van der Waals surface area contributed by atoms with Gasteiger partial charge >= 0.3 is 0 Å². The third-order valence-corrected chi connectivity index (χ3v) is 5.25. The molecule has 0 bridgehead atoms. The van der Waals surface area contributed by atoms with E-state index in [1.54, 1.807) is 4.90 Å². The molecule has 0 aliphatic carbocycles. The van der Waals surface area contributed by atoms with Crippen molar-refractivity contribution >= 4 is 11.8 Å². The van der Waals surface area contributed by atoms with Gasteiger partial charge in [-0.1, -0.05) is 61.0 Å². The highest BCUT2D eigenvalue weighted by atomic mass is 16.5. The van der Waals surface area contributed by atoms with Gasteiger partial charge in [0, 0.05) is 19.4 Å². The Hall–Kier alpha value is -2.66. The van der Waals surface area contributed by atoms with Gasteiger partial charge in [0.25, 0.3) is 5.91 Å². The summed E-state index contributed by atoms with van der Waals surface area (Å²) in [4.78, 5) is 26.3. The van der Waals surface area contributed by atoms with Crippen molar-refractivity contribution in [1.29, 1.82) is 0 Å². The zero-order valence-electron chi connectivity index (χ0n) is 16.6. The minimum absolute atomic E-state index is 0.0474. The maximum absolute atomic E-state index is 12.3. The molecular weight excluding hydrogens is 352 g/mol. The minimum atomic E-state index is -1.17. The molecule has 1 aliphatic rings. The Morgan fingerprint density at radius 2 is 1.89 bits per heavy atom. The van der Waals surface area contributed by atoms with Crippen molar-refractivity contribution in [2.24, 2.45) is 5.73 Å². The number of amides is 2. The predicted molar refractivity (Wildman–Crippen MR) is 110 cm³/mol.